The highest BCUT2D eigenvalue weighted by Gasteiger charge is 2.44. The number of hydrogen-bond donors (Lipinski definition) is 6. The number of anilines is 1. The number of H-pyrrole nitrogens is 1. The lowest BCUT2D eigenvalue weighted by Crippen LogP contribution is -2.35. The van der Waals surface area contributed by atoms with Gasteiger partial charge in [-0.2, -0.15) is 9.66 Å². The molecule has 0 aromatic carbocycles. The zero-order valence-corrected chi connectivity index (χ0v) is 11.1. The van der Waals surface area contributed by atoms with E-state index in [1.165, 1.54) is 0 Å². The topological polar surface area (TPSA) is 195 Å². The van der Waals surface area contributed by atoms with Gasteiger partial charge >= 0.3 is 5.69 Å². The van der Waals surface area contributed by atoms with Gasteiger partial charge in [0, 0.05) is 0 Å². The standard InChI is InChI=1S/C10H14N6O6/c11-9-14-6-3(7(20)16(9)12)13-10(21)15(6)8-5(19)4(18)2(1-17)22-8/h2,4-5,8,17-19H,1,12H2,(H2,11,14)(H,13,21)/t2-,4-,5-,8-/m1/s1. The summed E-state index contributed by atoms with van der Waals surface area (Å²) in [5, 5.41) is 28.8. The van der Waals surface area contributed by atoms with Crippen molar-refractivity contribution >= 4 is 17.1 Å². The van der Waals surface area contributed by atoms with Crippen LogP contribution in [0.4, 0.5) is 5.95 Å². The number of aliphatic hydroxyl groups excluding tert-OH is 3. The molecule has 1 saturated heterocycles. The van der Waals surface area contributed by atoms with E-state index in [0.717, 1.165) is 4.57 Å². The normalized spacial score (nSPS) is 28.5. The molecule has 0 unspecified atom stereocenters. The summed E-state index contributed by atoms with van der Waals surface area (Å²) >= 11 is 0. The van der Waals surface area contributed by atoms with Crippen LogP contribution in [0.3, 0.4) is 0 Å². The number of hydrogen-bond acceptors (Lipinski definition) is 9. The molecule has 0 spiro atoms. The highest BCUT2D eigenvalue weighted by molar-refractivity contribution is 5.71. The van der Waals surface area contributed by atoms with Crippen molar-refractivity contribution in [3.63, 3.8) is 0 Å². The first kappa shape index (κ1) is 14.5. The first-order valence-corrected chi connectivity index (χ1v) is 6.27. The highest BCUT2D eigenvalue weighted by atomic mass is 16.6. The zero-order chi connectivity index (χ0) is 16.2. The molecule has 0 radical (unpaired) electrons. The van der Waals surface area contributed by atoms with Crippen LogP contribution in [0.15, 0.2) is 9.59 Å². The lowest BCUT2D eigenvalue weighted by molar-refractivity contribution is -0.0524. The van der Waals surface area contributed by atoms with Crippen molar-refractivity contribution in [2.45, 2.75) is 24.5 Å². The average Bonchev–Trinajstić information content (AvgIpc) is 2.95. The minimum absolute atomic E-state index is 0.177. The summed E-state index contributed by atoms with van der Waals surface area (Å²) in [7, 11) is 0. The molecule has 4 atom stereocenters. The van der Waals surface area contributed by atoms with Crippen molar-refractivity contribution in [1.29, 1.82) is 0 Å². The van der Waals surface area contributed by atoms with Gasteiger partial charge in [0.2, 0.25) is 5.95 Å². The minimum atomic E-state index is -1.50. The lowest BCUT2D eigenvalue weighted by Gasteiger charge is -2.15. The van der Waals surface area contributed by atoms with E-state index < -0.39 is 42.4 Å². The van der Waals surface area contributed by atoms with Gasteiger partial charge in [-0.15, -0.1) is 0 Å². The summed E-state index contributed by atoms with van der Waals surface area (Å²) in [6, 6.07) is 0. The molecule has 22 heavy (non-hydrogen) atoms. The Hall–Kier alpha value is -2.41. The van der Waals surface area contributed by atoms with Crippen molar-refractivity contribution in [3.8, 4) is 0 Å². The van der Waals surface area contributed by atoms with Crippen LogP contribution in [0.25, 0.3) is 11.2 Å². The predicted octanol–water partition coefficient (Wildman–Crippen LogP) is -4.21. The van der Waals surface area contributed by atoms with E-state index in [4.69, 9.17) is 21.4 Å². The molecular weight excluding hydrogens is 300 g/mol. The van der Waals surface area contributed by atoms with Crippen molar-refractivity contribution < 1.29 is 20.1 Å². The summed E-state index contributed by atoms with van der Waals surface area (Å²) in [6.07, 6.45) is -5.33. The van der Waals surface area contributed by atoms with Crippen molar-refractivity contribution in [3.05, 3.63) is 20.8 Å². The van der Waals surface area contributed by atoms with Gasteiger partial charge in [-0.3, -0.25) is 9.78 Å². The van der Waals surface area contributed by atoms with Crippen LogP contribution in [0.1, 0.15) is 6.23 Å². The second kappa shape index (κ2) is 4.81. The van der Waals surface area contributed by atoms with E-state index in [-0.39, 0.29) is 17.1 Å². The number of nitrogens with zero attached hydrogens (tertiary/aromatic N) is 3. The molecule has 0 amide bonds. The molecule has 1 aliphatic heterocycles. The van der Waals surface area contributed by atoms with Crippen LogP contribution in [0.5, 0.6) is 0 Å². The Morgan fingerprint density at radius 3 is 2.59 bits per heavy atom. The number of fused-ring (bicyclic) bond motifs is 1. The number of nitrogens with one attached hydrogen (secondary N) is 1. The van der Waals surface area contributed by atoms with Crippen LogP contribution in [0, 0.1) is 0 Å². The quantitative estimate of drug-likeness (QED) is 0.298. The zero-order valence-electron chi connectivity index (χ0n) is 11.1. The average molecular weight is 314 g/mol. The van der Waals surface area contributed by atoms with Crippen LogP contribution in [0.2, 0.25) is 0 Å². The fourth-order valence-corrected chi connectivity index (χ4v) is 2.41. The largest absolute Gasteiger partial charge is 0.394 e. The Labute approximate surface area is 121 Å². The third-order valence-corrected chi connectivity index (χ3v) is 3.57. The Morgan fingerprint density at radius 2 is 2.00 bits per heavy atom. The molecular formula is C10H14N6O6. The maximum Gasteiger partial charge on any atom is 0.330 e. The third kappa shape index (κ3) is 1.82. The Kier molecular flexibility index (Phi) is 3.17. The molecule has 1 fully saturated rings. The van der Waals surface area contributed by atoms with Gasteiger partial charge in [0.25, 0.3) is 5.56 Å². The summed E-state index contributed by atoms with van der Waals surface area (Å²) in [4.78, 5) is 30.1. The monoisotopic (exact) mass is 314 g/mol. The highest BCUT2D eigenvalue weighted by Crippen LogP contribution is 2.29. The van der Waals surface area contributed by atoms with E-state index in [9.17, 15) is 19.8 Å². The number of ether oxygens (including phenoxy) is 1. The number of rotatable bonds is 2. The Morgan fingerprint density at radius 1 is 1.32 bits per heavy atom. The van der Waals surface area contributed by atoms with E-state index in [1.54, 1.807) is 0 Å². The SMILES string of the molecule is Nc1nc2c([nH]c(=O)n2[C@@H]2O[C@H](CO)[C@@H](O)[C@H]2O)c(=O)n1N. The van der Waals surface area contributed by atoms with Crippen molar-refractivity contribution in [1.82, 2.24) is 19.2 Å². The molecule has 2 aromatic rings. The summed E-state index contributed by atoms with van der Waals surface area (Å²) in [6.45, 7) is -0.559. The number of aromatic nitrogens is 4. The third-order valence-electron chi connectivity index (χ3n) is 3.57. The fourth-order valence-electron chi connectivity index (χ4n) is 2.41. The number of nitrogen functional groups attached to an aromatic ring is 2. The molecule has 120 valence electrons. The van der Waals surface area contributed by atoms with Crippen molar-refractivity contribution in [2.24, 2.45) is 0 Å². The molecule has 3 heterocycles. The van der Waals surface area contributed by atoms with E-state index in [0.29, 0.717) is 4.68 Å². The molecule has 0 saturated carbocycles. The smallest absolute Gasteiger partial charge is 0.330 e. The maximum atomic E-state index is 12.1. The summed E-state index contributed by atoms with van der Waals surface area (Å²) in [5.74, 6) is 5.04. The van der Waals surface area contributed by atoms with E-state index >= 15 is 0 Å². The van der Waals surface area contributed by atoms with Gasteiger partial charge in [-0.25, -0.2) is 9.36 Å². The van der Waals surface area contributed by atoms with Gasteiger partial charge in [0.15, 0.2) is 17.4 Å². The predicted molar refractivity (Wildman–Crippen MR) is 72.2 cm³/mol. The molecule has 8 N–H and O–H groups in total. The fraction of sp³-hybridized carbons (Fsp3) is 0.500. The molecule has 0 aliphatic carbocycles. The van der Waals surface area contributed by atoms with Gasteiger partial charge in [0.1, 0.15) is 18.3 Å². The second-order valence-electron chi connectivity index (χ2n) is 4.87. The molecule has 12 heteroatoms. The van der Waals surface area contributed by atoms with Gasteiger partial charge in [0.05, 0.1) is 6.61 Å². The number of aliphatic hydroxyl groups is 3. The van der Waals surface area contributed by atoms with Gasteiger partial charge in [-0.05, 0) is 0 Å². The van der Waals surface area contributed by atoms with Crippen LogP contribution in [-0.4, -0.2) is 59.4 Å². The molecule has 2 aromatic heterocycles. The van der Waals surface area contributed by atoms with Gasteiger partial charge in [-0.1, -0.05) is 0 Å². The maximum absolute atomic E-state index is 12.1. The summed E-state index contributed by atoms with van der Waals surface area (Å²) < 4.78 is 6.65. The molecule has 0 bridgehead atoms. The number of nitrogens with two attached hydrogens (primary N) is 2. The minimum Gasteiger partial charge on any atom is -0.394 e. The van der Waals surface area contributed by atoms with Crippen LogP contribution < -0.4 is 22.8 Å². The molecule has 1 aliphatic rings. The second-order valence-corrected chi connectivity index (χ2v) is 4.87. The Bertz CT molecular complexity index is 839. The first-order chi connectivity index (χ1) is 10.4. The molecule has 3 rings (SSSR count). The first-order valence-electron chi connectivity index (χ1n) is 6.27. The van der Waals surface area contributed by atoms with E-state index in [2.05, 4.69) is 9.97 Å². The van der Waals surface area contributed by atoms with Gasteiger partial charge < -0.3 is 31.6 Å². The summed E-state index contributed by atoms with van der Waals surface area (Å²) in [5.41, 5.74) is 3.49. The Balaban J connectivity index is 2.22. The van der Waals surface area contributed by atoms with Crippen molar-refractivity contribution in [2.75, 3.05) is 18.2 Å². The number of imidazole rings is 1. The molecule has 12 nitrogen and oxygen atoms in total. The number of aromatic amines is 1. The van der Waals surface area contributed by atoms with Crippen LogP contribution in [-0.2, 0) is 4.74 Å². The van der Waals surface area contributed by atoms with E-state index in [1.807, 2.05) is 0 Å². The lowest BCUT2D eigenvalue weighted by atomic mass is 10.1. The van der Waals surface area contributed by atoms with Crippen LogP contribution >= 0.6 is 0 Å².